The average molecular weight is 283 g/mol. The Morgan fingerprint density at radius 3 is 0.444 bits per heavy atom. The van der Waals surface area contributed by atoms with Gasteiger partial charge in [-0.3, -0.25) is 0 Å². The Kier molecular flexibility index (Phi) is 849. The fraction of sp³-hybridized carbons (Fsp3) is 0.857. The van der Waals surface area contributed by atoms with E-state index in [0.717, 1.165) is 0 Å². The predicted octanol–water partition coefficient (Wildman–Crippen LogP) is 3.52. The Balaban J connectivity index is -0.00000000321. The molecule has 0 aromatic heterocycles. The van der Waals surface area contributed by atoms with Crippen LogP contribution < -0.4 is 0 Å². The molecule has 0 saturated carbocycles. The van der Waals surface area contributed by atoms with Gasteiger partial charge in [0.1, 0.15) is 0 Å². The molecule has 0 unspecified atom stereocenters. The SMILES string of the molecule is CC.CC.CC.[CH3-].[Y].[Y]. The molecule has 9 heavy (non-hydrogen) atoms. The van der Waals surface area contributed by atoms with Crippen molar-refractivity contribution in [3.63, 3.8) is 0 Å². The standard InChI is InChI=1S/3C2H6.CH3.2Y/c3*1-2;;;/h3*1-2H3;1H3;;/q;;;-1;;. The molecule has 0 saturated heterocycles. The van der Waals surface area contributed by atoms with Gasteiger partial charge < -0.3 is 7.43 Å². The Labute approximate surface area is 113 Å². The fourth-order valence-corrected chi connectivity index (χ4v) is 0. The predicted molar refractivity (Wildman–Crippen MR) is 40.5 cm³/mol. The van der Waals surface area contributed by atoms with Gasteiger partial charge in [0, 0.05) is 65.4 Å². The van der Waals surface area contributed by atoms with Crippen molar-refractivity contribution >= 4 is 0 Å². The van der Waals surface area contributed by atoms with Crippen LogP contribution in [0.1, 0.15) is 41.5 Å². The molecule has 0 aliphatic carbocycles. The van der Waals surface area contributed by atoms with E-state index < -0.39 is 0 Å². The summed E-state index contributed by atoms with van der Waals surface area (Å²) < 4.78 is 0. The van der Waals surface area contributed by atoms with Gasteiger partial charge in [0.05, 0.1) is 0 Å². The zero-order chi connectivity index (χ0) is 6.00. The summed E-state index contributed by atoms with van der Waals surface area (Å²) in [5, 5.41) is 0. The summed E-state index contributed by atoms with van der Waals surface area (Å²) in [6, 6.07) is 0. The topological polar surface area (TPSA) is 0 Å². The molecule has 0 atom stereocenters. The van der Waals surface area contributed by atoms with E-state index in [2.05, 4.69) is 0 Å². The van der Waals surface area contributed by atoms with Gasteiger partial charge in [0.15, 0.2) is 0 Å². The Morgan fingerprint density at radius 1 is 0.444 bits per heavy atom. The zero-order valence-electron chi connectivity index (χ0n) is 8.15. The van der Waals surface area contributed by atoms with E-state index in [1.165, 1.54) is 0 Å². The van der Waals surface area contributed by atoms with Gasteiger partial charge in [0.2, 0.25) is 0 Å². The molecule has 0 aromatic carbocycles. The molecule has 0 nitrogen and oxygen atoms in total. The molecule has 2 heteroatoms. The van der Waals surface area contributed by atoms with E-state index in [0.29, 0.717) is 0 Å². The van der Waals surface area contributed by atoms with Crippen LogP contribution in [0.25, 0.3) is 0 Å². The smallest absolute Gasteiger partial charge is 0 e. The molecular weight excluding hydrogens is 262 g/mol. The molecule has 0 spiro atoms. The van der Waals surface area contributed by atoms with Crippen molar-refractivity contribution in [1.29, 1.82) is 0 Å². The summed E-state index contributed by atoms with van der Waals surface area (Å²) in [5.41, 5.74) is 0. The molecule has 0 bridgehead atoms. The number of rotatable bonds is 0. The van der Waals surface area contributed by atoms with Gasteiger partial charge in [-0.15, -0.1) is 0 Å². The van der Waals surface area contributed by atoms with Gasteiger partial charge >= 0.3 is 0 Å². The molecular formula is C7H21Y2-. The van der Waals surface area contributed by atoms with Crippen molar-refractivity contribution < 1.29 is 65.4 Å². The first-order valence-corrected chi connectivity index (χ1v) is 3.00. The summed E-state index contributed by atoms with van der Waals surface area (Å²) in [5.74, 6) is 0. The summed E-state index contributed by atoms with van der Waals surface area (Å²) >= 11 is 0. The molecule has 0 rings (SSSR count). The second-order valence-electron chi connectivity index (χ2n) is 0. The van der Waals surface area contributed by atoms with Crippen LogP contribution in [-0.2, 0) is 65.4 Å². The number of hydrogen-bond acceptors (Lipinski definition) is 0. The molecule has 2 radical (unpaired) electrons. The third-order valence-electron chi connectivity index (χ3n) is 0. The molecule has 0 aromatic rings. The maximum Gasteiger partial charge on any atom is 0 e. The molecule has 0 aliphatic rings. The summed E-state index contributed by atoms with van der Waals surface area (Å²) in [6.45, 7) is 12.0. The quantitative estimate of drug-likeness (QED) is 0.597. The van der Waals surface area contributed by atoms with E-state index in [1.54, 1.807) is 0 Å². The Bertz CT molecular complexity index is 6.88. The Morgan fingerprint density at radius 2 is 0.444 bits per heavy atom. The van der Waals surface area contributed by atoms with Crippen LogP contribution in [0.3, 0.4) is 0 Å². The van der Waals surface area contributed by atoms with Crippen molar-refractivity contribution in [3.05, 3.63) is 7.43 Å². The maximum absolute atomic E-state index is 2.00. The minimum atomic E-state index is 0. The van der Waals surface area contributed by atoms with Crippen molar-refractivity contribution in [2.75, 3.05) is 0 Å². The number of hydrogen-bond donors (Lipinski definition) is 0. The van der Waals surface area contributed by atoms with Crippen LogP contribution in [0.4, 0.5) is 0 Å². The van der Waals surface area contributed by atoms with Crippen LogP contribution in [0.15, 0.2) is 0 Å². The van der Waals surface area contributed by atoms with Crippen LogP contribution in [0.5, 0.6) is 0 Å². The third kappa shape index (κ3) is 141. The molecule has 56 valence electrons. The van der Waals surface area contributed by atoms with Crippen molar-refractivity contribution in [2.24, 2.45) is 0 Å². The summed E-state index contributed by atoms with van der Waals surface area (Å²) in [6.07, 6.45) is 0. The second-order valence-corrected chi connectivity index (χ2v) is 0. The van der Waals surface area contributed by atoms with Crippen LogP contribution in [-0.4, -0.2) is 0 Å². The van der Waals surface area contributed by atoms with E-state index in [9.17, 15) is 0 Å². The second kappa shape index (κ2) is 178. The zero-order valence-corrected chi connectivity index (χ0v) is 13.8. The molecule has 0 aliphatic heterocycles. The van der Waals surface area contributed by atoms with E-state index >= 15 is 0 Å². The van der Waals surface area contributed by atoms with Gasteiger partial charge in [-0.2, -0.15) is 0 Å². The first-order chi connectivity index (χ1) is 3.00. The largest absolute Gasteiger partial charge is 0.358 e. The average Bonchev–Trinajstić information content (AvgIpc) is 1.81. The monoisotopic (exact) mass is 283 g/mol. The first-order valence-electron chi connectivity index (χ1n) is 3.00. The van der Waals surface area contributed by atoms with Crippen LogP contribution >= 0.6 is 0 Å². The van der Waals surface area contributed by atoms with Crippen molar-refractivity contribution in [1.82, 2.24) is 0 Å². The maximum atomic E-state index is 2.00. The van der Waals surface area contributed by atoms with Crippen LogP contribution in [0.2, 0.25) is 0 Å². The van der Waals surface area contributed by atoms with Gasteiger partial charge in [-0.1, -0.05) is 41.5 Å². The molecule has 0 N–H and O–H groups in total. The third-order valence-corrected chi connectivity index (χ3v) is 0. The minimum absolute atomic E-state index is 0. The first kappa shape index (κ1) is 43.1. The van der Waals surface area contributed by atoms with Gasteiger partial charge in [-0.05, 0) is 0 Å². The molecule has 0 amide bonds. The summed E-state index contributed by atoms with van der Waals surface area (Å²) in [7, 11) is 0. The fourth-order valence-electron chi connectivity index (χ4n) is 0. The Hall–Kier alpha value is 2.21. The van der Waals surface area contributed by atoms with Crippen LogP contribution in [0, 0.1) is 7.43 Å². The summed E-state index contributed by atoms with van der Waals surface area (Å²) in [4.78, 5) is 0. The van der Waals surface area contributed by atoms with Gasteiger partial charge in [0.25, 0.3) is 0 Å². The van der Waals surface area contributed by atoms with E-state index in [1.807, 2.05) is 41.5 Å². The molecule has 0 fully saturated rings. The van der Waals surface area contributed by atoms with E-state index in [4.69, 9.17) is 0 Å². The minimum Gasteiger partial charge on any atom is -0.358 e. The van der Waals surface area contributed by atoms with Crippen molar-refractivity contribution in [2.45, 2.75) is 41.5 Å². The molecule has 0 heterocycles. The van der Waals surface area contributed by atoms with Crippen molar-refractivity contribution in [3.8, 4) is 0 Å². The normalized spacial score (nSPS) is 2.00. The van der Waals surface area contributed by atoms with E-state index in [-0.39, 0.29) is 72.8 Å². The van der Waals surface area contributed by atoms with Gasteiger partial charge in [-0.25, -0.2) is 0 Å².